The second kappa shape index (κ2) is 8.18. The highest BCUT2D eigenvalue weighted by molar-refractivity contribution is 5.78. The third-order valence-corrected chi connectivity index (χ3v) is 5.01. The minimum absolute atomic E-state index is 0.0676. The third kappa shape index (κ3) is 4.28. The van der Waals surface area contributed by atoms with Crippen LogP contribution in [0, 0.1) is 0 Å². The highest BCUT2D eigenvalue weighted by Crippen LogP contribution is 2.28. The lowest BCUT2D eigenvalue weighted by Gasteiger charge is -2.20. The minimum Gasteiger partial charge on any atom is -0.343 e. The fraction of sp³-hybridized carbons (Fsp3) is 0.579. The maximum atomic E-state index is 12.2. The summed E-state index contributed by atoms with van der Waals surface area (Å²) in [5, 5.41) is 5.92. The van der Waals surface area contributed by atoms with Crippen LogP contribution in [0.15, 0.2) is 24.3 Å². The Balaban J connectivity index is 1.47. The molecule has 0 saturated carbocycles. The summed E-state index contributed by atoms with van der Waals surface area (Å²) >= 11 is 0. The van der Waals surface area contributed by atoms with Crippen molar-refractivity contribution in [2.75, 3.05) is 19.6 Å². The van der Waals surface area contributed by atoms with Crippen LogP contribution >= 0.6 is 0 Å². The Bertz CT molecular complexity index is 582. The van der Waals surface area contributed by atoms with Crippen molar-refractivity contribution in [3.63, 3.8) is 0 Å². The molecular formula is C19H27N3O2. The fourth-order valence-electron chi connectivity index (χ4n) is 3.69. The smallest absolute Gasteiger partial charge is 0.315 e. The topological polar surface area (TPSA) is 61.4 Å². The second-order valence-corrected chi connectivity index (χ2v) is 6.74. The van der Waals surface area contributed by atoms with E-state index < -0.39 is 0 Å². The van der Waals surface area contributed by atoms with Gasteiger partial charge in [-0.2, -0.15) is 0 Å². The average Bonchev–Trinajstić information content (AvgIpc) is 3.05. The van der Waals surface area contributed by atoms with E-state index in [1.807, 2.05) is 11.0 Å². The molecule has 24 heavy (non-hydrogen) atoms. The zero-order chi connectivity index (χ0) is 16.8. The molecule has 0 aromatic heterocycles. The lowest BCUT2D eigenvalue weighted by Crippen LogP contribution is -2.40. The number of rotatable bonds is 4. The van der Waals surface area contributed by atoms with Crippen molar-refractivity contribution >= 4 is 11.9 Å². The SMILES string of the molecule is O=C(NCCC(=O)N1CCCC1)NC1CCCCc2ccccc21. The lowest BCUT2D eigenvalue weighted by atomic mass is 9.99. The molecule has 1 atom stereocenters. The van der Waals surface area contributed by atoms with Crippen molar-refractivity contribution in [2.24, 2.45) is 0 Å². The molecule has 1 saturated heterocycles. The summed E-state index contributed by atoms with van der Waals surface area (Å²) in [7, 11) is 0. The van der Waals surface area contributed by atoms with Gasteiger partial charge in [0.25, 0.3) is 0 Å². The summed E-state index contributed by atoms with van der Waals surface area (Å²) in [6.07, 6.45) is 6.92. The van der Waals surface area contributed by atoms with E-state index in [0.717, 1.165) is 45.2 Å². The zero-order valence-corrected chi connectivity index (χ0v) is 14.2. The van der Waals surface area contributed by atoms with Gasteiger partial charge in [0.05, 0.1) is 6.04 Å². The maximum absolute atomic E-state index is 12.2. The van der Waals surface area contributed by atoms with Crippen molar-refractivity contribution in [1.29, 1.82) is 0 Å². The van der Waals surface area contributed by atoms with E-state index in [0.29, 0.717) is 13.0 Å². The van der Waals surface area contributed by atoms with Crippen LogP contribution in [0.4, 0.5) is 4.79 Å². The van der Waals surface area contributed by atoms with Gasteiger partial charge in [0, 0.05) is 26.1 Å². The number of amides is 3. The molecule has 1 aliphatic heterocycles. The highest BCUT2D eigenvalue weighted by atomic mass is 16.2. The zero-order valence-electron chi connectivity index (χ0n) is 14.2. The van der Waals surface area contributed by atoms with E-state index in [-0.39, 0.29) is 18.0 Å². The standard InChI is InChI=1S/C19H27N3O2/c23-18(22-13-5-6-14-22)11-12-20-19(24)21-17-10-4-2-8-15-7-1-3-9-16(15)17/h1,3,7,9,17H,2,4-6,8,10-14H2,(H2,20,21,24). The van der Waals surface area contributed by atoms with Crippen LogP contribution in [0.3, 0.4) is 0 Å². The number of likely N-dealkylation sites (tertiary alicyclic amines) is 1. The van der Waals surface area contributed by atoms with Crippen molar-refractivity contribution in [1.82, 2.24) is 15.5 Å². The number of benzene rings is 1. The summed E-state index contributed by atoms with van der Waals surface area (Å²) in [5.41, 5.74) is 2.57. The number of carbonyl (C=O) groups is 2. The summed E-state index contributed by atoms with van der Waals surface area (Å²) in [6.45, 7) is 2.13. The molecule has 1 unspecified atom stereocenters. The Labute approximate surface area is 143 Å². The van der Waals surface area contributed by atoms with Gasteiger partial charge in [0.1, 0.15) is 0 Å². The van der Waals surface area contributed by atoms with Gasteiger partial charge < -0.3 is 15.5 Å². The number of carbonyl (C=O) groups excluding carboxylic acids is 2. The lowest BCUT2D eigenvalue weighted by molar-refractivity contribution is -0.129. The summed E-state index contributed by atoms with van der Waals surface area (Å²) in [5.74, 6) is 0.146. The van der Waals surface area contributed by atoms with Crippen LogP contribution in [0.1, 0.15) is 55.7 Å². The largest absolute Gasteiger partial charge is 0.343 e. The summed E-state index contributed by atoms with van der Waals surface area (Å²) < 4.78 is 0. The van der Waals surface area contributed by atoms with Crippen LogP contribution in [0.5, 0.6) is 0 Å². The van der Waals surface area contributed by atoms with Gasteiger partial charge in [-0.15, -0.1) is 0 Å². The van der Waals surface area contributed by atoms with Gasteiger partial charge in [-0.05, 0) is 43.2 Å². The van der Waals surface area contributed by atoms with E-state index in [4.69, 9.17) is 0 Å². The van der Waals surface area contributed by atoms with Gasteiger partial charge in [0.15, 0.2) is 0 Å². The van der Waals surface area contributed by atoms with E-state index >= 15 is 0 Å². The van der Waals surface area contributed by atoms with E-state index in [1.54, 1.807) is 0 Å². The van der Waals surface area contributed by atoms with Gasteiger partial charge in [-0.1, -0.05) is 30.7 Å². The Hall–Kier alpha value is -2.04. The molecule has 1 fully saturated rings. The monoisotopic (exact) mass is 329 g/mol. The third-order valence-electron chi connectivity index (χ3n) is 5.01. The first-order chi connectivity index (χ1) is 11.7. The Kier molecular flexibility index (Phi) is 5.72. The number of hydrogen-bond acceptors (Lipinski definition) is 2. The molecule has 0 spiro atoms. The number of urea groups is 1. The van der Waals surface area contributed by atoms with Gasteiger partial charge in [0.2, 0.25) is 5.91 Å². The maximum Gasteiger partial charge on any atom is 0.315 e. The minimum atomic E-state index is -0.175. The van der Waals surface area contributed by atoms with Crippen molar-refractivity contribution in [2.45, 2.75) is 51.0 Å². The van der Waals surface area contributed by atoms with Crippen LogP contribution in [0.25, 0.3) is 0 Å². The molecule has 0 radical (unpaired) electrons. The van der Waals surface area contributed by atoms with Crippen molar-refractivity contribution in [3.8, 4) is 0 Å². The quantitative estimate of drug-likeness (QED) is 0.835. The second-order valence-electron chi connectivity index (χ2n) is 6.74. The van der Waals surface area contributed by atoms with Crippen molar-refractivity contribution < 1.29 is 9.59 Å². The van der Waals surface area contributed by atoms with Crippen LogP contribution in [-0.2, 0) is 11.2 Å². The van der Waals surface area contributed by atoms with E-state index in [1.165, 1.54) is 17.5 Å². The number of fused-ring (bicyclic) bond motifs is 1. The highest BCUT2D eigenvalue weighted by Gasteiger charge is 2.21. The molecule has 1 aromatic carbocycles. The number of nitrogens with zero attached hydrogens (tertiary/aromatic N) is 1. The summed E-state index contributed by atoms with van der Waals surface area (Å²) in [6, 6.07) is 8.25. The average molecular weight is 329 g/mol. The van der Waals surface area contributed by atoms with Crippen molar-refractivity contribution in [3.05, 3.63) is 35.4 Å². The molecule has 130 valence electrons. The number of aryl methyl sites for hydroxylation is 1. The van der Waals surface area contributed by atoms with Gasteiger partial charge >= 0.3 is 6.03 Å². The van der Waals surface area contributed by atoms with Crippen LogP contribution < -0.4 is 10.6 Å². The Morgan fingerprint density at radius 1 is 1.08 bits per heavy atom. The number of hydrogen-bond donors (Lipinski definition) is 2. The molecule has 5 heteroatoms. The summed E-state index contributed by atoms with van der Waals surface area (Å²) in [4.78, 5) is 26.1. The molecule has 0 bridgehead atoms. The molecule has 1 heterocycles. The molecule has 2 aliphatic rings. The predicted molar refractivity (Wildman–Crippen MR) is 93.7 cm³/mol. The predicted octanol–water partition coefficient (Wildman–Crippen LogP) is 2.77. The first kappa shape index (κ1) is 16.8. The van der Waals surface area contributed by atoms with Gasteiger partial charge in [-0.3, -0.25) is 4.79 Å². The molecule has 2 N–H and O–H groups in total. The molecule has 1 aromatic rings. The fourth-order valence-corrected chi connectivity index (χ4v) is 3.69. The van der Waals surface area contributed by atoms with E-state index in [9.17, 15) is 9.59 Å². The molecular weight excluding hydrogens is 302 g/mol. The van der Waals surface area contributed by atoms with Crippen LogP contribution in [0.2, 0.25) is 0 Å². The number of nitrogens with one attached hydrogen (secondary N) is 2. The molecule has 3 rings (SSSR count). The molecule has 1 aliphatic carbocycles. The molecule has 3 amide bonds. The Morgan fingerprint density at radius 2 is 1.88 bits per heavy atom. The van der Waals surface area contributed by atoms with Gasteiger partial charge in [-0.25, -0.2) is 4.79 Å². The normalized spacial score (nSPS) is 20.2. The first-order valence-corrected chi connectivity index (χ1v) is 9.14. The van der Waals surface area contributed by atoms with E-state index in [2.05, 4.69) is 28.8 Å². The molecule has 5 nitrogen and oxygen atoms in total. The van der Waals surface area contributed by atoms with Crippen LogP contribution in [-0.4, -0.2) is 36.5 Å². The first-order valence-electron chi connectivity index (χ1n) is 9.14. The Morgan fingerprint density at radius 3 is 2.71 bits per heavy atom.